The molecule has 0 bridgehead atoms. The standard InChI is InChI=1S/C14H17N3O2/c1-4-9-7-13(15)17-14(16-9)11-6-5-10(18-2)8-12(11)19-3/h5-8H,4H2,1-3H3,(H2,15,16,17). The Morgan fingerprint density at radius 2 is 1.89 bits per heavy atom. The third kappa shape index (κ3) is 2.76. The van der Waals surface area contributed by atoms with E-state index in [9.17, 15) is 0 Å². The third-order valence-corrected chi connectivity index (χ3v) is 2.81. The SMILES string of the molecule is CCc1cc(N)nc(-c2ccc(OC)cc2OC)n1. The van der Waals surface area contributed by atoms with Crippen LogP contribution in [0.2, 0.25) is 0 Å². The maximum absolute atomic E-state index is 5.80. The number of aromatic nitrogens is 2. The first-order valence-electron chi connectivity index (χ1n) is 6.03. The van der Waals surface area contributed by atoms with Crippen molar-refractivity contribution in [2.45, 2.75) is 13.3 Å². The van der Waals surface area contributed by atoms with Crippen molar-refractivity contribution >= 4 is 5.82 Å². The molecule has 5 nitrogen and oxygen atoms in total. The summed E-state index contributed by atoms with van der Waals surface area (Å²) >= 11 is 0. The Morgan fingerprint density at radius 3 is 2.53 bits per heavy atom. The number of aryl methyl sites for hydroxylation is 1. The van der Waals surface area contributed by atoms with E-state index in [-0.39, 0.29) is 0 Å². The second-order valence-corrected chi connectivity index (χ2v) is 4.03. The molecule has 2 aromatic rings. The predicted octanol–water partition coefficient (Wildman–Crippen LogP) is 2.31. The highest BCUT2D eigenvalue weighted by Crippen LogP contribution is 2.31. The average Bonchev–Trinajstić information content (AvgIpc) is 2.45. The number of ether oxygens (including phenoxy) is 2. The molecule has 0 unspecified atom stereocenters. The largest absolute Gasteiger partial charge is 0.497 e. The fraction of sp³-hybridized carbons (Fsp3) is 0.286. The summed E-state index contributed by atoms with van der Waals surface area (Å²) < 4.78 is 10.5. The van der Waals surface area contributed by atoms with Crippen LogP contribution >= 0.6 is 0 Å². The number of nitrogens with two attached hydrogens (primary N) is 1. The molecular formula is C14H17N3O2. The monoisotopic (exact) mass is 259 g/mol. The molecule has 2 N–H and O–H groups in total. The fourth-order valence-corrected chi connectivity index (χ4v) is 1.80. The molecule has 0 aliphatic carbocycles. The number of anilines is 1. The molecule has 1 aromatic heterocycles. The van der Waals surface area contributed by atoms with Crippen molar-refractivity contribution in [2.24, 2.45) is 0 Å². The van der Waals surface area contributed by atoms with Crippen LogP contribution in [-0.4, -0.2) is 24.2 Å². The quantitative estimate of drug-likeness (QED) is 0.912. The second kappa shape index (κ2) is 5.56. The van der Waals surface area contributed by atoms with Crippen LogP contribution in [0.3, 0.4) is 0 Å². The second-order valence-electron chi connectivity index (χ2n) is 4.03. The Kier molecular flexibility index (Phi) is 3.85. The minimum atomic E-state index is 0.458. The molecular weight excluding hydrogens is 242 g/mol. The van der Waals surface area contributed by atoms with Crippen molar-refractivity contribution in [2.75, 3.05) is 20.0 Å². The molecule has 5 heteroatoms. The molecule has 0 radical (unpaired) electrons. The van der Waals surface area contributed by atoms with Gasteiger partial charge >= 0.3 is 0 Å². The molecule has 2 rings (SSSR count). The first-order valence-corrected chi connectivity index (χ1v) is 6.03. The van der Waals surface area contributed by atoms with Gasteiger partial charge < -0.3 is 15.2 Å². The number of methoxy groups -OCH3 is 2. The minimum absolute atomic E-state index is 0.458. The number of hydrogen-bond donors (Lipinski definition) is 1. The van der Waals surface area contributed by atoms with Crippen LogP contribution < -0.4 is 15.2 Å². The van der Waals surface area contributed by atoms with E-state index in [1.54, 1.807) is 26.4 Å². The Labute approximate surface area is 112 Å². The van der Waals surface area contributed by atoms with Gasteiger partial charge in [-0.3, -0.25) is 0 Å². The van der Waals surface area contributed by atoms with Crippen LogP contribution in [0.4, 0.5) is 5.82 Å². The van der Waals surface area contributed by atoms with E-state index in [4.69, 9.17) is 15.2 Å². The average molecular weight is 259 g/mol. The van der Waals surface area contributed by atoms with Crippen molar-refractivity contribution < 1.29 is 9.47 Å². The molecule has 0 aliphatic rings. The van der Waals surface area contributed by atoms with Gasteiger partial charge in [-0.2, -0.15) is 0 Å². The summed E-state index contributed by atoms with van der Waals surface area (Å²) in [6.45, 7) is 2.02. The zero-order valence-electron chi connectivity index (χ0n) is 11.3. The number of benzene rings is 1. The number of nitrogen functional groups attached to an aromatic ring is 1. The lowest BCUT2D eigenvalue weighted by Gasteiger charge is -2.10. The van der Waals surface area contributed by atoms with E-state index >= 15 is 0 Å². The van der Waals surface area contributed by atoms with E-state index < -0.39 is 0 Å². The van der Waals surface area contributed by atoms with Gasteiger partial charge in [0.25, 0.3) is 0 Å². The number of hydrogen-bond acceptors (Lipinski definition) is 5. The first kappa shape index (κ1) is 13.1. The van der Waals surface area contributed by atoms with Crippen molar-refractivity contribution in [1.29, 1.82) is 0 Å². The molecule has 0 amide bonds. The molecule has 0 saturated carbocycles. The van der Waals surface area contributed by atoms with Crippen LogP contribution in [0.25, 0.3) is 11.4 Å². The highest BCUT2D eigenvalue weighted by molar-refractivity contribution is 5.66. The van der Waals surface area contributed by atoms with Gasteiger partial charge in [-0.05, 0) is 18.6 Å². The van der Waals surface area contributed by atoms with Gasteiger partial charge in [0.1, 0.15) is 17.3 Å². The lowest BCUT2D eigenvalue weighted by molar-refractivity contribution is 0.395. The van der Waals surface area contributed by atoms with Crippen LogP contribution in [0.15, 0.2) is 24.3 Å². The maximum atomic E-state index is 5.80. The molecule has 0 spiro atoms. The molecule has 100 valence electrons. The third-order valence-electron chi connectivity index (χ3n) is 2.81. The van der Waals surface area contributed by atoms with E-state index in [0.717, 1.165) is 23.4 Å². The van der Waals surface area contributed by atoms with Crippen molar-refractivity contribution in [3.8, 4) is 22.9 Å². The molecule has 19 heavy (non-hydrogen) atoms. The Bertz CT molecular complexity index is 585. The summed E-state index contributed by atoms with van der Waals surface area (Å²) in [4.78, 5) is 8.74. The van der Waals surface area contributed by atoms with E-state index in [0.29, 0.717) is 17.4 Å². The van der Waals surface area contributed by atoms with Gasteiger partial charge in [-0.15, -0.1) is 0 Å². The topological polar surface area (TPSA) is 70.3 Å². The van der Waals surface area contributed by atoms with Crippen molar-refractivity contribution in [1.82, 2.24) is 9.97 Å². The van der Waals surface area contributed by atoms with E-state index in [1.165, 1.54) is 0 Å². The van der Waals surface area contributed by atoms with Gasteiger partial charge in [0.2, 0.25) is 0 Å². The summed E-state index contributed by atoms with van der Waals surface area (Å²) in [6.07, 6.45) is 0.804. The van der Waals surface area contributed by atoms with Crippen LogP contribution in [-0.2, 0) is 6.42 Å². The van der Waals surface area contributed by atoms with Gasteiger partial charge in [0, 0.05) is 17.8 Å². The van der Waals surface area contributed by atoms with Gasteiger partial charge in [-0.1, -0.05) is 6.92 Å². The normalized spacial score (nSPS) is 10.3. The lowest BCUT2D eigenvalue weighted by atomic mass is 10.1. The molecule has 0 atom stereocenters. The zero-order chi connectivity index (χ0) is 13.8. The lowest BCUT2D eigenvalue weighted by Crippen LogP contribution is -2.01. The summed E-state index contributed by atoms with van der Waals surface area (Å²) in [7, 11) is 3.21. The van der Waals surface area contributed by atoms with Gasteiger partial charge in [-0.25, -0.2) is 9.97 Å². The zero-order valence-corrected chi connectivity index (χ0v) is 11.3. The van der Waals surface area contributed by atoms with Crippen LogP contribution in [0.5, 0.6) is 11.5 Å². The molecule has 1 aromatic carbocycles. The van der Waals surface area contributed by atoms with Crippen molar-refractivity contribution in [3.05, 3.63) is 30.0 Å². The Morgan fingerprint density at radius 1 is 1.11 bits per heavy atom. The van der Waals surface area contributed by atoms with E-state index in [1.807, 2.05) is 19.1 Å². The smallest absolute Gasteiger partial charge is 0.165 e. The molecule has 0 aliphatic heterocycles. The Balaban J connectivity index is 2.54. The number of rotatable bonds is 4. The van der Waals surface area contributed by atoms with Gasteiger partial charge in [0.05, 0.1) is 19.8 Å². The minimum Gasteiger partial charge on any atom is -0.497 e. The molecule has 0 saturated heterocycles. The summed E-state index contributed by atoms with van der Waals surface area (Å²) in [5, 5.41) is 0. The van der Waals surface area contributed by atoms with Crippen LogP contribution in [0, 0.1) is 0 Å². The summed E-state index contributed by atoms with van der Waals surface area (Å²) in [5.41, 5.74) is 7.50. The molecule has 1 heterocycles. The van der Waals surface area contributed by atoms with Crippen molar-refractivity contribution in [3.63, 3.8) is 0 Å². The van der Waals surface area contributed by atoms with E-state index in [2.05, 4.69) is 9.97 Å². The fourth-order valence-electron chi connectivity index (χ4n) is 1.80. The highest BCUT2D eigenvalue weighted by Gasteiger charge is 2.11. The Hall–Kier alpha value is -2.30. The first-order chi connectivity index (χ1) is 9.17. The predicted molar refractivity (Wildman–Crippen MR) is 74.4 cm³/mol. The van der Waals surface area contributed by atoms with Crippen LogP contribution in [0.1, 0.15) is 12.6 Å². The highest BCUT2D eigenvalue weighted by atomic mass is 16.5. The number of nitrogens with zero attached hydrogens (tertiary/aromatic N) is 2. The summed E-state index contributed by atoms with van der Waals surface area (Å²) in [5.74, 6) is 2.41. The summed E-state index contributed by atoms with van der Waals surface area (Å²) in [6, 6.07) is 7.29. The van der Waals surface area contributed by atoms with Gasteiger partial charge in [0.15, 0.2) is 5.82 Å². The maximum Gasteiger partial charge on any atom is 0.165 e. The molecule has 0 fully saturated rings.